The highest BCUT2D eigenvalue weighted by molar-refractivity contribution is 7.89. The van der Waals surface area contributed by atoms with Crippen LogP contribution in [0.25, 0.3) is 0 Å². The predicted molar refractivity (Wildman–Crippen MR) is 75.6 cm³/mol. The van der Waals surface area contributed by atoms with E-state index in [2.05, 4.69) is 0 Å². The van der Waals surface area contributed by atoms with E-state index in [1.807, 2.05) is 6.92 Å². The number of hydrogen-bond acceptors (Lipinski definition) is 4. The van der Waals surface area contributed by atoms with E-state index in [9.17, 15) is 13.2 Å². The standard InChI is InChI=1S/C13H20N2O5S/c1-2-4-14-8-11(6-12(14)13(17)18)21(19,20)15-5-3-10(7-15)9-16/h6,8,10,16H,2-5,7,9H2,1H3,(H,17,18). The zero-order chi connectivity index (χ0) is 15.6. The molecule has 1 fully saturated rings. The van der Waals surface area contributed by atoms with Crippen LogP contribution in [0.2, 0.25) is 0 Å². The maximum absolute atomic E-state index is 12.5. The fourth-order valence-corrected chi connectivity index (χ4v) is 4.12. The van der Waals surface area contributed by atoms with Gasteiger partial charge in [0.2, 0.25) is 10.0 Å². The molecule has 0 aromatic carbocycles. The lowest BCUT2D eigenvalue weighted by molar-refractivity contribution is 0.0685. The van der Waals surface area contributed by atoms with Gasteiger partial charge in [0.1, 0.15) is 10.6 Å². The fraction of sp³-hybridized carbons (Fsp3) is 0.615. The van der Waals surface area contributed by atoms with Crippen molar-refractivity contribution in [2.24, 2.45) is 5.92 Å². The van der Waals surface area contributed by atoms with Crippen LogP contribution in [-0.2, 0) is 16.6 Å². The van der Waals surface area contributed by atoms with Gasteiger partial charge in [0.25, 0.3) is 0 Å². The summed E-state index contributed by atoms with van der Waals surface area (Å²) in [5.41, 5.74) is -0.0201. The molecule has 2 N–H and O–H groups in total. The third-order valence-corrected chi connectivity index (χ3v) is 5.53. The summed E-state index contributed by atoms with van der Waals surface area (Å²) in [6.45, 7) is 2.95. The second-order valence-electron chi connectivity index (χ2n) is 5.26. The molecule has 1 aromatic heterocycles. The van der Waals surface area contributed by atoms with Gasteiger partial charge in [0.15, 0.2) is 0 Å². The van der Waals surface area contributed by atoms with Gasteiger partial charge in [0, 0.05) is 32.4 Å². The topological polar surface area (TPSA) is 99.8 Å². The minimum Gasteiger partial charge on any atom is -0.477 e. The molecule has 1 atom stereocenters. The number of aromatic nitrogens is 1. The number of carbonyl (C=O) groups is 1. The van der Waals surface area contributed by atoms with Crippen molar-refractivity contribution in [2.45, 2.75) is 31.2 Å². The van der Waals surface area contributed by atoms with Crippen molar-refractivity contribution in [2.75, 3.05) is 19.7 Å². The number of aliphatic hydroxyl groups is 1. The van der Waals surface area contributed by atoms with Gasteiger partial charge in [-0.15, -0.1) is 0 Å². The first-order valence-electron chi connectivity index (χ1n) is 6.94. The SMILES string of the molecule is CCCn1cc(S(=O)(=O)N2CCC(CO)C2)cc1C(=O)O. The maximum Gasteiger partial charge on any atom is 0.352 e. The molecule has 0 aliphatic carbocycles. The number of aromatic carboxylic acids is 1. The van der Waals surface area contributed by atoms with E-state index >= 15 is 0 Å². The van der Waals surface area contributed by atoms with E-state index in [-0.39, 0.29) is 29.7 Å². The molecule has 0 amide bonds. The Morgan fingerprint density at radius 3 is 2.71 bits per heavy atom. The summed E-state index contributed by atoms with van der Waals surface area (Å²) in [7, 11) is -3.70. The monoisotopic (exact) mass is 316 g/mol. The third-order valence-electron chi connectivity index (χ3n) is 3.70. The normalized spacial score (nSPS) is 20.0. The van der Waals surface area contributed by atoms with Gasteiger partial charge in [0.05, 0.1) is 0 Å². The van der Waals surface area contributed by atoms with E-state index in [0.29, 0.717) is 25.9 Å². The molecule has 118 valence electrons. The van der Waals surface area contributed by atoms with E-state index < -0.39 is 16.0 Å². The molecule has 1 aliphatic heterocycles. The summed E-state index contributed by atoms with van der Waals surface area (Å²) >= 11 is 0. The molecule has 1 aromatic rings. The Balaban J connectivity index is 2.32. The summed E-state index contributed by atoms with van der Waals surface area (Å²) in [5, 5.41) is 18.3. The molecule has 1 unspecified atom stereocenters. The first kappa shape index (κ1) is 16.0. The van der Waals surface area contributed by atoms with Crippen molar-refractivity contribution < 1.29 is 23.4 Å². The molecule has 0 bridgehead atoms. The molecule has 1 aliphatic rings. The first-order valence-corrected chi connectivity index (χ1v) is 8.38. The number of carboxylic acid groups (broad SMARTS) is 1. The van der Waals surface area contributed by atoms with Gasteiger partial charge >= 0.3 is 5.97 Å². The lowest BCUT2D eigenvalue weighted by atomic mass is 10.1. The molecule has 21 heavy (non-hydrogen) atoms. The Morgan fingerprint density at radius 2 is 2.19 bits per heavy atom. The largest absolute Gasteiger partial charge is 0.477 e. The Labute approximate surface area is 123 Å². The first-order chi connectivity index (χ1) is 9.90. The minimum atomic E-state index is -3.70. The van der Waals surface area contributed by atoms with Gasteiger partial charge in [-0.3, -0.25) is 0 Å². The van der Waals surface area contributed by atoms with Crippen molar-refractivity contribution in [3.63, 3.8) is 0 Å². The highest BCUT2D eigenvalue weighted by Crippen LogP contribution is 2.25. The van der Waals surface area contributed by atoms with E-state index in [1.54, 1.807) is 0 Å². The molecule has 1 saturated heterocycles. The van der Waals surface area contributed by atoms with Crippen LogP contribution in [0.15, 0.2) is 17.2 Å². The molecular weight excluding hydrogens is 296 g/mol. The van der Waals surface area contributed by atoms with Crippen molar-refractivity contribution >= 4 is 16.0 Å². The zero-order valence-corrected chi connectivity index (χ0v) is 12.7. The van der Waals surface area contributed by atoms with Gasteiger partial charge in [-0.2, -0.15) is 4.31 Å². The van der Waals surface area contributed by atoms with Crippen LogP contribution in [0.4, 0.5) is 0 Å². The van der Waals surface area contributed by atoms with Crippen molar-refractivity contribution in [1.29, 1.82) is 0 Å². The Hall–Kier alpha value is -1.38. The molecule has 0 spiro atoms. The molecule has 2 heterocycles. The predicted octanol–water partition coefficient (Wildman–Crippen LogP) is 0.599. The van der Waals surface area contributed by atoms with Crippen molar-refractivity contribution in [3.8, 4) is 0 Å². The zero-order valence-electron chi connectivity index (χ0n) is 11.9. The summed E-state index contributed by atoms with van der Waals surface area (Å²) in [6.07, 6.45) is 2.72. The van der Waals surface area contributed by atoms with Crippen LogP contribution < -0.4 is 0 Å². The van der Waals surface area contributed by atoms with Crippen LogP contribution in [0.1, 0.15) is 30.3 Å². The average Bonchev–Trinajstić information content (AvgIpc) is 3.05. The number of hydrogen-bond donors (Lipinski definition) is 2. The fourth-order valence-electron chi connectivity index (χ4n) is 2.54. The maximum atomic E-state index is 12.5. The van der Waals surface area contributed by atoms with E-state index in [4.69, 9.17) is 10.2 Å². The van der Waals surface area contributed by atoms with Crippen LogP contribution in [0.3, 0.4) is 0 Å². The number of nitrogens with zero attached hydrogens (tertiary/aromatic N) is 2. The summed E-state index contributed by atoms with van der Waals surface area (Å²) < 4.78 is 27.8. The highest BCUT2D eigenvalue weighted by Gasteiger charge is 2.33. The second-order valence-corrected chi connectivity index (χ2v) is 7.20. The van der Waals surface area contributed by atoms with Crippen molar-refractivity contribution in [1.82, 2.24) is 8.87 Å². The van der Waals surface area contributed by atoms with Crippen LogP contribution in [-0.4, -0.2) is 53.2 Å². The molecule has 8 heteroatoms. The third kappa shape index (κ3) is 3.12. The summed E-state index contributed by atoms with van der Waals surface area (Å²) in [5.74, 6) is -1.18. The highest BCUT2D eigenvalue weighted by atomic mass is 32.2. The van der Waals surface area contributed by atoms with Crippen LogP contribution in [0.5, 0.6) is 0 Å². The lowest BCUT2D eigenvalue weighted by Gasteiger charge is -2.15. The van der Waals surface area contributed by atoms with Gasteiger partial charge in [-0.05, 0) is 24.8 Å². The summed E-state index contributed by atoms with van der Waals surface area (Å²) in [6, 6.07) is 1.21. The number of carboxylic acids is 1. The van der Waals surface area contributed by atoms with Gasteiger partial charge < -0.3 is 14.8 Å². The molecule has 0 radical (unpaired) electrons. The summed E-state index contributed by atoms with van der Waals surface area (Å²) in [4.78, 5) is 11.2. The quantitative estimate of drug-likeness (QED) is 0.800. The molecule has 2 rings (SSSR count). The van der Waals surface area contributed by atoms with Crippen LogP contribution >= 0.6 is 0 Å². The number of aryl methyl sites for hydroxylation is 1. The number of sulfonamides is 1. The Morgan fingerprint density at radius 1 is 1.48 bits per heavy atom. The number of aliphatic hydroxyl groups excluding tert-OH is 1. The van der Waals surface area contributed by atoms with Gasteiger partial charge in [-0.1, -0.05) is 6.92 Å². The second kappa shape index (κ2) is 6.17. The lowest BCUT2D eigenvalue weighted by Crippen LogP contribution is -2.29. The van der Waals surface area contributed by atoms with E-state index in [1.165, 1.54) is 21.1 Å². The average molecular weight is 316 g/mol. The Kier molecular flexibility index (Phi) is 4.70. The molecular formula is C13H20N2O5S. The smallest absolute Gasteiger partial charge is 0.352 e. The minimum absolute atomic E-state index is 0.00643. The van der Waals surface area contributed by atoms with Crippen LogP contribution in [0, 0.1) is 5.92 Å². The molecule has 0 saturated carbocycles. The number of rotatable bonds is 6. The van der Waals surface area contributed by atoms with Crippen molar-refractivity contribution in [3.05, 3.63) is 18.0 Å². The van der Waals surface area contributed by atoms with E-state index in [0.717, 1.165) is 0 Å². The Bertz CT molecular complexity index is 623. The molecule has 7 nitrogen and oxygen atoms in total. The van der Waals surface area contributed by atoms with Gasteiger partial charge in [-0.25, -0.2) is 13.2 Å².